The number of benzene rings is 1. The Morgan fingerprint density at radius 1 is 1.53 bits per heavy atom. The monoisotopic (exact) mass is 290 g/mol. The lowest BCUT2D eigenvalue weighted by molar-refractivity contribution is 0.0954. The molecule has 0 bridgehead atoms. The minimum atomic E-state index is -0.204. The van der Waals surface area contributed by atoms with E-state index in [-0.39, 0.29) is 12.5 Å². The summed E-state index contributed by atoms with van der Waals surface area (Å²) in [4.78, 5) is 15.8. The Hall–Kier alpha value is -1.83. The van der Waals surface area contributed by atoms with Gasteiger partial charge in [-0.15, -0.1) is 11.3 Å². The van der Waals surface area contributed by atoms with Crippen molar-refractivity contribution < 1.29 is 4.79 Å². The molecule has 0 aliphatic carbocycles. The number of carbonyl (C=O) groups excluding carboxylic acids is 1. The molecule has 0 aliphatic rings. The first-order valence-corrected chi connectivity index (χ1v) is 6.85. The zero-order valence-electron chi connectivity index (χ0n) is 10.2. The number of thiazole rings is 1. The summed E-state index contributed by atoms with van der Waals surface area (Å²) in [5, 5.41) is 5.94. The number of halogens is 1. The van der Waals surface area contributed by atoms with E-state index in [2.05, 4.69) is 22.1 Å². The van der Waals surface area contributed by atoms with Crippen molar-refractivity contribution >= 4 is 28.8 Å². The van der Waals surface area contributed by atoms with E-state index >= 15 is 0 Å². The lowest BCUT2D eigenvalue weighted by Gasteiger charge is -1.96. The van der Waals surface area contributed by atoms with Crippen LogP contribution in [-0.4, -0.2) is 17.4 Å². The Labute approximate surface area is 120 Å². The molecule has 19 heavy (non-hydrogen) atoms. The molecule has 2 rings (SSSR count). The average molecular weight is 291 g/mol. The molecule has 2 aromatic rings. The summed E-state index contributed by atoms with van der Waals surface area (Å²) >= 11 is 7.29. The van der Waals surface area contributed by atoms with E-state index < -0.39 is 0 Å². The second kappa shape index (κ2) is 6.37. The SMILES string of the molecule is Cc1nc(C(=O)NCC#Cc2cccc(Cl)c2)cs1. The number of nitrogens with one attached hydrogen (secondary N) is 1. The highest BCUT2D eigenvalue weighted by atomic mass is 35.5. The van der Waals surface area contributed by atoms with Gasteiger partial charge in [-0.25, -0.2) is 4.98 Å². The van der Waals surface area contributed by atoms with Crippen molar-refractivity contribution in [1.82, 2.24) is 10.3 Å². The summed E-state index contributed by atoms with van der Waals surface area (Å²) in [6.45, 7) is 2.14. The number of hydrogen-bond acceptors (Lipinski definition) is 3. The van der Waals surface area contributed by atoms with Crippen LogP contribution >= 0.6 is 22.9 Å². The van der Waals surface area contributed by atoms with E-state index in [1.807, 2.05) is 19.1 Å². The lowest BCUT2D eigenvalue weighted by Crippen LogP contribution is -2.23. The Balaban J connectivity index is 1.89. The van der Waals surface area contributed by atoms with Gasteiger partial charge in [0, 0.05) is 16.0 Å². The smallest absolute Gasteiger partial charge is 0.271 e. The van der Waals surface area contributed by atoms with Gasteiger partial charge in [0.1, 0.15) is 5.69 Å². The number of aryl methyl sites for hydroxylation is 1. The van der Waals surface area contributed by atoms with E-state index in [1.165, 1.54) is 11.3 Å². The molecule has 1 aromatic carbocycles. The third-order valence-corrected chi connectivity index (χ3v) is 3.25. The van der Waals surface area contributed by atoms with E-state index in [0.29, 0.717) is 10.7 Å². The highest BCUT2D eigenvalue weighted by molar-refractivity contribution is 7.09. The first-order chi connectivity index (χ1) is 9.15. The predicted octanol–water partition coefficient (Wildman–Crippen LogP) is 2.89. The van der Waals surface area contributed by atoms with Crippen molar-refractivity contribution in [2.24, 2.45) is 0 Å². The van der Waals surface area contributed by atoms with Crippen LogP contribution in [0.4, 0.5) is 0 Å². The largest absolute Gasteiger partial charge is 0.340 e. The molecule has 0 spiro atoms. The standard InChI is InChI=1S/C14H11ClN2OS/c1-10-17-13(9-19-10)14(18)16-7-3-5-11-4-2-6-12(15)8-11/h2,4,6,8-9H,7H2,1H3,(H,16,18). The van der Waals surface area contributed by atoms with Crippen LogP contribution in [0.2, 0.25) is 5.02 Å². The van der Waals surface area contributed by atoms with Gasteiger partial charge in [0.25, 0.3) is 5.91 Å². The molecule has 0 atom stereocenters. The lowest BCUT2D eigenvalue weighted by atomic mass is 10.2. The molecule has 5 heteroatoms. The summed E-state index contributed by atoms with van der Waals surface area (Å²) in [5.41, 5.74) is 1.26. The quantitative estimate of drug-likeness (QED) is 0.864. The number of carbonyl (C=O) groups is 1. The fraction of sp³-hybridized carbons (Fsp3) is 0.143. The molecule has 0 radical (unpaired) electrons. The molecule has 1 aromatic heterocycles. The summed E-state index contributed by atoms with van der Waals surface area (Å²) in [7, 11) is 0. The van der Waals surface area contributed by atoms with Gasteiger partial charge >= 0.3 is 0 Å². The molecule has 3 nitrogen and oxygen atoms in total. The zero-order valence-corrected chi connectivity index (χ0v) is 11.8. The minimum Gasteiger partial charge on any atom is -0.340 e. The maximum absolute atomic E-state index is 11.7. The summed E-state index contributed by atoms with van der Waals surface area (Å²) < 4.78 is 0. The van der Waals surface area contributed by atoms with Crippen LogP contribution in [0, 0.1) is 18.8 Å². The van der Waals surface area contributed by atoms with Crippen LogP contribution < -0.4 is 5.32 Å². The minimum absolute atomic E-state index is 0.204. The van der Waals surface area contributed by atoms with Gasteiger partial charge in [-0.1, -0.05) is 29.5 Å². The van der Waals surface area contributed by atoms with E-state index in [9.17, 15) is 4.79 Å². The van der Waals surface area contributed by atoms with Gasteiger partial charge in [-0.05, 0) is 25.1 Å². The van der Waals surface area contributed by atoms with Crippen LogP contribution in [0.5, 0.6) is 0 Å². The molecule has 0 fully saturated rings. The van der Waals surface area contributed by atoms with Crippen molar-refractivity contribution in [2.75, 3.05) is 6.54 Å². The van der Waals surface area contributed by atoms with Crippen LogP contribution in [0.3, 0.4) is 0 Å². The highest BCUT2D eigenvalue weighted by Crippen LogP contribution is 2.09. The van der Waals surface area contributed by atoms with E-state index in [1.54, 1.807) is 17.5 Å². The van der Waals surface area contributed by atoms with Gasteiger partial charge < -0.3 is 5.32 Å². The molecule has 0 unspecified atom stereocenters. The molecule has 96 valence electrons. The van der Waals surface area contributed by atoms with Crippen LogP contribution in [0.1, 0.15) is 21.1 Å². The first kappa shape index (κ1) is 13.6. The van der Waals surface area contributed by atoms with Gasteiger partial charge in [-0.3, -0.25) is 4.79 Å². The summed E-state index contributed by atoms with van der Waals surface area (Å²) in [6.07, 6.45) is 0. The number of nitrogens with zero attached hydrogens (tertiary/aromatic N) is 1. The molecule has 1 amide bonds. The second-order valence-corrected chi connectivity index (χ2v) is 5.25. The Kier molecular flexibility index (Phi) is 4.56. The fourth-order valence-electron chi connectivity index (χ4n) is 1.40. The molecule has 0 aliphatic heterocycles. The van der Waals surface area contributed by atoms with Crippen LogP contribution in [-0.2, 0) is 0 Å². The second-order valence-electron chi connectivity index (χ2n) is 3.75. The van der Waals surface area contributed by atoms with Crippen molar-refractivity contribution in [3.63, 3.8) is 0 Å². The molecule has 1 N–H and O–H groups in total. The molecular formula is C14H11ClN2OS. The van der Waals surface area contributed by atoms with Crippen molar-refractivity contribution in [2.45, 2.75) is 6.92 Å². The van der Waals surface area contributed by atoms with E-state index in [4.69, 9.17) is 11.6 Å². The van der Waals surface area contributed by atoms with Crippen molar-refractivity contribution in [1.29, 1.82) is 0 Å². The third kappa shape index (κ3) is 4.09. The molecular weight excluding hydrogens is 280 g/mol. The van der Waals surface area contributed by atoms with Gasteiger partial charge in [-0.2, -0.15) is 0 Å². The number of amides is 1. The highest BCUT2D eigenvalue weighted by Gasteiger charge is 2.06. The van der Waals surface area contributed by atoms with E-state index in [0.717, 1.165) is 10.6 Å². The molecule has 0 saturated carbocycles. The Morgan fingerprint density at radius 3 is 3.05 bits per heavy atom. The van der Waals surface area contributed by atoms with Crippen LogP contribution in [0.15, 0.2) is 29.6 Å². The van der Waals surface area contributed by atoms with Crippen LogP contribution in [0.25, 0.3) is 0 Å². The Morgan fingerprint density at radius 2 is 2.37 bits per heavy atom. The summed E-state index contributed by atoms with van der Waals surface area (Å²) in [6, 6.07) is 7.27. The fourth-order valence-corrected chi connectivity index (χ4v) is 2.18. The number of rotatable bonds is 2. The molecule has 1 heterocycles. The predicted molar refractivity (Wildman–Crippen MR) is 77.5 cm³/mol. The van der Waals surface area contributed by atoms with Crippen molar-refractivity contribution in [3.8, 4) is 11.8 Å². The number of hydrogen-bond donors (Lipinski definition) is 1. The topological polar surface area (TPSA) is 42.0 Å². The summed E-state index contributed by atoms with van der Waals surface area (Å²) in [5.74, 6) is 5.60. The Bertz CT molecular complexity index is 655. The average Bonchev–Trinajstić information content (AvgIpc) is 2.81. The maximum atomic E-state index is 11.7. The zero-order chi connectivity index (χ0) is 13.7. The normalized spacial score (nSPS) is 9.58. The maximum Gasteiger partial charge on any atom is 0.271 e. The first-order valence-electron chi connectivity index (χ1n) is 5.60. The third-order valence-electron chi connectivity index (χ3n) is 2.25. The number of aromatic nitrogens is 1. The van der Waals surface area contributed by atoms with Gasteiger partial charge in [0.05, 0.1) is 11.6 Å². The molecule has 0 saturated heterocycles. The van der Waals surface area contributed by atoms with Gasteiger partial charge in [0.2, 0.25) is 0 Å². The van der Waals surface area contributed by atoms with Crippen molar-refractivity contribution in [3.05, 3.63) is 50.9 Å². The van der Waals surface area contributed by atoms with Gasteiger partial charge in [0.15, 0.2) is 0 Å².